The normalized spacial score (nSPS) is 17.8. The van der Waals surface area contributed by atoms with Crippen LogP contribution in [-0.2, 0) is 12.1 Å². The molecule has 2 aliphatic heterocycles. The first-order chi connectivity index (χ1) is 15.5. The van der Waals surface area contributed by atoms with Gasteiger partial charge in [0.15, 0.2) is 0 Å². The van der Waals surface area contributed by atoms with Crippen molar-refractivity contribution in [2.45, 2.75) is 45.7 Å². The summed E-state index contributed by atoms with van der Waals surface area (Å²) in [6.45, 7) is 9.98. The van der Waals surface area contributed by atoms with Crippen LogP contribution in [0.1, 0.15) is 54.0 Å². The molecule has 0 saturated carbocycles. The number of hydrogen-bond donors (Lipinski definition) is 0. The molecule has 32 heavy (non-hydrogen) atoms. The van der Waals surface area contributed by atoms with Gasteiger partial charge in [0.25, 0.3) is 5.91 Å². The highest BCUT2D eigenvalue weighted by atomic mass is 16.2. The molecule has 2 aromatic carbocycles. The van der Waals surface area contributed by atoms with Crippen LogP contribution in [0.4, 0.5) is 0 Å². The van der Waals surface area contributed by atoms with Crippen molar-refractivity contribution in [3.63, 3.8) is 0 Å². The highest BCUT2D eigenvalue weighted by Crippen LogP contribution is 2.43. The summed E-state index contributed by atoms with van der Waals surface area (Å²) < 4.78 is 2.29. The Hall–Kier alpha value is -2.92. The van der Waals surface area contributed by atoms with E-state index in [0.29, 0.717) is 5.92 Å². The highest BCUT2D eigenvalue weighted by Gasteiger charge is 2.47. The molecular weight excluding hydrogens is 396 g/mol. The second-order valence-corrected chi connectivity index (χ2v) is 9.66. The van der Waals surface area contributed by atoms with Crippen molar-refractivity contribution in [3.05, 3.63) is 83.4 Å². The molecule has 1 spiro atoms. The van der Waals surface area contributed by atoms with Crippen LogP contribution in [0, 0.1) is 12.8 Å². The topological polar surface area (TPSA) is 41.4 Å². The van der Waals surface area contributed by atoms with E-state index in [9.17, 15) is 4.79 Å². The number of fused-ring (bicyclic) bond motifs is 4. The van der Waals surface area contributed by atoms with Crippen LogP contribution in [0.2, 0.25) is 0 Å². The second kappa shape index (κ2) is 8.21. The lowest BCUT2D eigenvalue weighted by Gasteiger charge is -2.48. The first kappa shape index (κ1) is 21.0. The minimum atomic E-state index is -0.171. The largest absolute Gasteiger partial charge is 0.338 e. The summed E-state index contributed by atoms with van der Waals surface area (Å²) in [4.78, 5) is 22.9. The van der Waals surface area contributed by atoms with Crippen LogP contribution in [0.5, 0.6) is 0 Å². The summed E-state index contributed by atoms with van der Waals surface area (Å²) in [6, 6.07) is 16.6. The smallest absolute Gasteiger partial charge is 0.254 e. The third-order valence-corrected chi connectivity index (χ3v) is 7.11. The summed E-state index contributed by atoms with van der Waals surface area (Å²) in [5.41, 5.74) is 4.25. The van der Waals surface area contributed by atoms with Crippen LogP contribution in [0.25, 0.3) is 5.69 Å². The molecule has 0 N–H and O–H groups in total. The number of hydrogen-bond acceptors (Lipinski definition) is 3. The Kier molecular flexibility index (Phi) is 5.38. The monoisotopic (exact) mass is 428 g/mol. The molecule has 166 valence electrons. The van der Waals surface area contributed by atoms with Gasteiger partial charge in [0, 0.05) is 44.1 Å². The lowest BCUT2D eigenvalue weighted by molar-refractivity contribution is 0.000767. The predicted molar refractivity (Wildman–Crippen MR) is 127 cm³/mol. The molecule has 1 fully saturated rings. The van der Waals surface area contributed by atoms with Gasteiger partial charge in [-0.25, -0.2) is 4.98 Å². The lowest BCUT2D eigenvalue weighted by Crippen LogP contribution is -2.55. The standard InChI is InChI=1S/C27H32N4O/c1-20(2)18-30-19-22-9-5-7-11-24(22)31-17-14-28-26(31)27(30)12-15-29(16-13-27)25(32)23-10-6-4-8-21(23)3/h4-11,14,17,20H,12-13,15-16,18-19H2,1-3H3. The van der Waals surface area contributed by atoms with E-state index >= 15 is 0 Å². The van der Waals surface area contributed by atoms with E-state index in [1.54, 1.807) is 0 Å². The Labute approximate surface area is 190 Å². The van der Waals surface area contributed by atoms with Crippen molar-refractivity contribution in [2.24, 2.45) is 5.92 Å². The maximum absolute atomic E-state index is 13.3. The molecule has 2 aliphatic rings. The Balaban J connectivity index is 1.50. The molecule has 5 rings (SSSR count). The van der Waals surface area contributed by atoms with Crippen LogP contribution < -0.4 is 0 Å². The lowest BCUT2D eigenvalue weighted by atomic mass is 9.83. The van der Waals surface area contributed by atoms with E-state index in [0.717, 1.165) is 56.0 Å². The summed E-state index contributed by atoms with van der Waals surface area (Å²) in [5.74, 6) is 1.81. The van der Waals surface area contributed by atoms with Crippen LogP contribution >= 0.6 is 0 Å². The van der Waals surface area contributed by atoms with Gasteiger partial charge in [-0.3, -0.25) is 9.69 Å². The van der Waals surface area contributed by atoms with Gasteiger partial charge in [-0.15, -0.1) is 0 Å². The average molecular weight is 429 g/mol. The van der Waals surface area contributed by atoms with Gasteiger partial charge in [0.1, 0.15) is 5.82 Å². The summed E-state index contributed by atoms with van der Waals surface area (Å²) >= 11 is 0. The number of amides is 1. The molecule has 0 atom stereocenters. The van der Waals surface area contributed by atoms with E-state index < -0.39 is 0 Å². The number of para-hydroxylation sites is 1. The van der Waals surface area contributed by atoms with Crippen LogP contribution in [0.15, 0.2) is 60.9 Å². The number of aryl methyl sites for hydroxylation is 1. The molecule has 0 bridgehead atoms. The van der Waals surface area contributed by atoms with Gasteiger partial charge in [-0.05, 0) is 48.9 Å². The Morgan fingerprint density at radius 1 is 1.06 bits per heavy atom. The number of piperidine rings is 1. The van der Waals surface area contributed by atoms with E-state index in [2.05, 4.69) is 53.8 Å². The zero-order valence-electron chi connectivity index (χ0n) is 19.3. The molecule has 5 heteroatoms. The molecule has 3 aromatic rings. The zero-order chi connectivity index (χ0) is 22.3. The molecule has 0 unspecified atom stereocenters. The fourth-order valence-corrected chi connectivity index (χ4v) is 5.50. The number of carbonyl (C=O) groups excluding carboxylic acids is 1. The second-order valence-electron chi connectivity index (χ2n) is 9.66. The summed E-state index contributed by atoms with van der Waals surface area (Å²) in [6.07, 6.45) is 5.81. The first-order valence-corrected chi connectivity index (χ1v) is 11.7. The SMILES string of the molecule is Cc1ccccc1C(=O)N1CCC2(CC1)c1nccn1-c1ccccc1CN2CC(C)C. The van der Waals surface area contributed by atoms with E-state index in [1.165, 1.54) is 11.3 Å². The summed E-state index contributed by atoms with van der Waals surface area (Å²) in [5, 5.41) is 0. The minimum Gasteiger partial charge on any atom is -0.338 e. The predicted octanol–water partition coefficient (Wildman–Crippen LogP) is 4.78. The number of carbonyl (C=O) groups is 1. The number of benzene rings is 2. The quantitative estimate of drug-likeness (QED) is 0.603. The first-order valence-electron chi connectivity index (χ1n) is 11.7. The van der Waals surface area contributed by atoms with Crippen molar-refractivity contribution < 1.29 is 4.79 Å². The van der Waals surface area contributed by atoms with Crippen molar-refractivity contribution in [1.82, 2.24) is 19.4 Å². The molecule has 0 aliphatic carbocycles. The molecule has 0 radical (unpaired) electrons. The van der Waals surface area contributed by atoms with Gasteiger partial charge in [0.05, 0.1) is 11.2 Å². The Morgan fingerprint density at radius 3 is 2.53 bits per heavy atom. The number of nitrogens with zero attached hydrogens (tertiary/aromatic N) is 4. The highest BCUT2D eigenvalue weighted by molar-refractivity contribution is 5.95. The van der Waals surface area contributed by atoms with Crippen LogP contribution in [0.3, 0.4) is 0 Å². The van der Waals surface area contributed by atoms with Crippen LogP contribution in [-0.4, -0.2) is 44.9 Å². The van der Waals surface area contributed by atoms with Gasteiger partial charge in [-0.1, -0.05) is 50.2 Å². The molecule has 1 aromatic heterocycles. The summed E-state index contributed by atoms with van der Waals surface area (Å²) in [7, 11) is 0. The number of imidazole rings is 1. The molecular formula is C27H32N4O. The van der Waals surface area contributed by atoms with Crippen molar-refractivity contribution >= 4 is 5.91 Å². The number of aromatic nitrogens is 2. The molecule has 3 heterocycles. The maximum Gasteiger partial charge on any atom is 0.254 e. The van der Waals surface area contributed by atoms with E-state index in [1.807, 2.05) is 42.3 Å². The van der Waals surface area contributed by atoms with Crippen molar-refractivity contribution in [3.8, 4) is 5.69 Å². The van der Waals surface area contributed by atoms with Gasteiger partial charge in [0.2, 0.25) is 0 Å². The minimum absolute atomic E-state index is 0.147. The Bertz CT molecular complexity index is 1120. The van der Waals surface area contributed by atoms with Crippen molar-refractivity contribution in [2.75, 3.05) is 19.6 Å². The van der Waals surface area contributed by atoms with Gasteiger partial charge in [-0.2, -0.15) is 0 Å². The molecule has 1 amide bonds. The maximum atomic E-state index is 13.3. The van der Waals surface area contributed by atoms with Gasteiger partial charge < -0.3 is 9.47 Å². The fraction of sp³-hybridized carbons (Fsp3) is 0.407. The third kappa shape index (κ3) is 3.45. The number of likely N-dealkylation sites (tertiary alicyclic amines) is 1. The number of rotatable bonds is 3. The molecule has 1 saturated heterocycles. The fourth-order valence-electron chi connectivity index (χ4n) is 5.50. The van der Waals surface area contributed by atoms with E-state index in [-0.39, 0.29) is 11.4 Å². The van der Waals surface area contributed by atoms with Gasteiger partial charge >= 0.3 is 0 Å². The average Bonchev–Trinajstić information content (AvgIpc) is 3.26. The van der Waals surface area contributed by atoms with Crippen molar-refractivity contribution in [1.29, 1.82) is 0 Å². The zero-order valence-corrected chi connectivity index (χ0v) is 19.3. The van der Waals surface area contributed by atoms with E-state index in [4.69, 9.17) is 4.98 Å². The third-order valence-electron chi connectivity index (χ3n) is 7.11. The molecule has 5 nitrogen and oxygen atoms in total. The Morgan fingerprint density at radius 2 is 1.78 bits per heavy atom.